The summed E-state index contributed by atoms with van der Waals surface area (Å²) in [5.74, 6) is -1.31. The molecule has 1 fully saturated rings. The molecule has 1 aromatic heterocycles. The van der Waals surface area contributed by atoms with Crippen LogP contribution in [0, 0.1) is 5.82 Å². The van der Waals surface area contributed by atoms with Crippen molar-refractivity contribution < 1.29 is 18.8 Å². The molecule has 0 aliphatic carbocycles. The topological polar surface area (TPSA) is 91.4 Å². The number of nitrogens with one attached hydrogen (secondary N) is 2. The predicted molar refractivity (Wildman–Crippen MR) is 90.0 cm³/mol. The maximum atomic E-state index is 13.2. The van der Waals surface area contributed by atoms with Crippen molar-refractivity contribution in [1.29, 1.82) is 0 Å². The number of hydrogen-bond acceptors (Lipinski definition) is 4. The highest BCUT2D eigenvalue weighted by Crippen LogP contribution is 2.15. The van der Waals surface area contributed by atoms with E-state index >= 15 is 0 Å². The van der Waals surface area contributed by atoms with Crippen LogP contribution in [0.25, 0.3) is 0 Å². The highest BCUT2D eigenvalue weighted by molar-refractivity contribution is 6.05. The maximum absolute atomic E-state index is 13.2. The summed E-state index contributed by atoms with van der Waals surface area (Å²) in [6.07, 6.45) is 3.10. The number of nitrogens with zero attached hydrogens (tertiary/aromatic N) is 2. The number of imide groups is 1. The quantitative estimate of drug-likeness (QED) is 0.765. The average Bonchev–Trinajstić information content (AvgIpc) is 2.88. The number of halogens is 1. The van der Waals surface area contributed by atoms with Gasteiger partial charge in [-0.2, -0.15) is 0 Å². The number of urea groups is 1. The van der Waals surface area contributed by atoms with E-state index < -0.39 is 23.8 Å². The predicted octanol–water partition coefficient (Wildman–Crippen LogP) is 1.35. The maximum Gasteiger partial charge on any atom is 0.325 e. The van der Waals surface area contributed by atoms with Gasteiger partial charge in [-0.3, -0.25) is 19.5 Å². The van der Waals surface area contributed by atoms with E-state index in [1.165, 1.54) is 18.2 Å². The molecule has 3 rings (SSSR count). The molecule has 1 unspecified atom stereocenters. The molecule has 0 radical (unpaired) electrons. The second kappa shape index (κ2) is 7.73. The van der Waals surface area contributed by atoms with Crippen molar-refractivity contribution in [3.63, 3.8) is 0 Å². The van der Waals surface area contributed by atoms with Crippen molar-refractivity contribution in [3.8, 4) is 0 Å². The molecule has 4 amide bonds. The zero-order valence-electron chi connectivity index (χ0n) is 13.8. The second-order valence-corrected chi connectivity index (χ2v) is 5.90. The molecule has 2 heterocycles. The Morgan fingerprint density at radius 1 is 1.23 bits per heavy atom. The van der Waals surface area contributed by atoms with Crippen LogP contribution in [0.3, 0.4) is 0 Å². The van der Waals surface area contributed by atoms with Crippen molar-refractivity contribution >= 4 is 17.8 Å². The minimum atomic E-state index is -0.926. The molecule has 0 saturated carbocycles. The molecule has 1 aromatic carbocycles. The summed E-state index contributed by atoms with van der Waals surface area (Å²) in [4.78, 5) is 41.3. The van der Waals surface area contributed by atoms with Crippen LogP contribution in [0.5, 0.6) is 0 Å². The van der Waals surface area contributed by atoms with Gasteiger partial charge < -0.3 is 10.6 Å². The summed E-state index contributed by atoms with van der Waals surface area (Å²) in [5, 5.41) is 5.17. The third-order valence-corrected chi connectivity index (χ3v) is 3.94. The number of carbonyl (C=O) groups excluding carboxylic acids is 3. The lowest BCUT2D eigenvalue weighted by molar-refractivity contribution is -0.131. The first-order chi connectivity index (χ1) is 12.5. The van der Waals surface area contributed by atoms with Gasteiger partial charge in [0, 0.05) is 18.9 Å². The summed E-state index contributed by atoms with van der Waals surface area (Å²) in [6, 6.07) is 7.72. The number of amides is 4. The third-order valence-electron chi connectivity index (χ3n) is 3.94. The number of pyridine rings is 1. The summed E-state index contributed by atoms with van der Waals surface area (Å²) in [5.41, 5.74) is 1.32. The highest BCUT2D eigenvalue weighted by Gasteiger charge is 2.38. The first kappa shape index (κ1) is 17.5. The van der Waals surface area contributed by atoms with Gasteiger partial charge in [-0.05, 0) is 29.3 Å². The van der Waals surface area contributed by atoms with Gasteiger partial charge in [0.1, 0.15) is 11.9 Å². The number of rotatable bonds is 6. The van der Waals surface area contributed by atoms with Crippen molar-refractivity contribution in [3.05, 3.63) is 65.7 Å². The first-order valence-electron chi connectivity index (χ1n) is 8.05. The SMILES string of the molecule is O=C(CC1NC(=O)N(Cc2cccc(F)c2)C1=O)NCc1cccnc1. The molecule has 8 heteroatoms. The fourth-order valence-electron chi connectivity index (χ4n) is 2.64. The Hall–Kier alpha value is -3.29. The molecule has 1 atom stereocenters. The number of benzene rings is 1. The second-order valence-electron chi connectivity index (χ2n) is 5.90. The molecule has 1 saturated heterocycles. The largest absolute Gasteiger partial charge is 0.352 e. The molecule has 7 nitrogen and oxygen atoms in total. The Kier molecular flexibility index (Phi) is 5.21. The van der Waals surface area contributed by atoms with E-state index in [1.54, 1.807) is 24.5 Å². The Morgan fingerprint density at radius 2 is 2.04 bits per heavy atom. The van der Waals surface area contributed by atoms with Gasteiger partial charge >= 0.3 is 6.03 Å². The molecule has 0 bridgehead atoms. The van der Waals surface area contributed by atoms with Gasteiger partial charge in [0.2, 0.25) is 5.91 Å². The van der Waals surface area contributed by atoms with E-state index in [4.69, 9.17) is 0 Å². The van der Waals surface area contributed by atoms with Gasteiger partial charge in [-0.15, -0.1) is 0 Å². The van der Waals surface area contributed by atoms with Crippen LogP contribution in [-0.2, 0) is 22.7 Å². The van der Waals surface area contributed by atoms with Crippen LogP contribution in [-0.4, -0.2) is 33.8 Å². The van der Waals surface area contributed by atoms with Gasteiger partial charge in [0.05, 0.1) is 13.0 Å². The van der Waals surface area contributed by atoms with Crippen LogP contribution < -0.4 is 10.6 Å². The van der Waals surface area contributed by atoms with Crippen molar-refractivity contribution in [2.45, 2.75) is 25.6 Å². The summed E-state index contributed by atoms with van der Waals surface area (Å²) in [6.45, 7) is 0.241. The summed E-state index contributed by atoms with van der Waals surface area (Å²) >= 11 is 0. The molecule has 1 aliphatic heterocycles. The normalized spacial score (nSPS) is 16.5. The Morgan fingerprint density at radius 3 is 2.77 bits per heavy atom. The Labute approximate surface area is 149 Å². The van der Waals surface area contributed by atoms with Crippen LogP contribution >= 0.6 is 0 Å². The molecule has 134 valence electrons. The van der Waals surface area contributed by atoms with Crippen LogP contribution in [0.4, 0.5) is 9.18 Å². The average molecular weight is 356 g/mol. The van der Waals surface area contributed by atoms with Crippen molar-refractivity contribution in [1.82, 2.24) is 20.5 Å². The lowest BCUT2D eigenvalue weighted by Crippen LogP contribution is -2.36. The van der Waals surface area contributed by atoms with Crippen LogP contribution in [0.2, 0.25) is 0 Å². The minimum Gasteiger partial charge on any atom is -0.352 e. The van der Waals surface area contributed by atoms with Crippen molar-refractivity contribution in [2.75, 3.05) is 0 Å². The lowest BCUT2D eigenvalue weighted by atomic mass is 10.1. The molecule has 2 N–H and O–H groups in total. The molecule has 26 heavy (non-hydrogen) atoms. The number of hydrogen-bond donors (Lipinski definition) is 2. The molecule has 2 aromatic rings. The molecular formula is C18H17FN4O3. The smallest absolute Gasteiger partial charge is 0.325 e. The monoisotopic (exact) mass is 356 g/mol. The van der Waals surface area contributed by atoms with E-state index in [9.17, 15) is 18.8 Å². The van der Waals surface area contributed by atoms with Crippen molar-refractivity contribution in [2.24, 2.45) is 0 Å². The van der Waals surface area contributed by atoms with Crippen LogP contribution in [0.1, 0.15) is 17.5 Å². The minimum absolute atomic E-state index is 0.0454. The molecule has 0 spiro atoms. The Bertz CT molecular complexity index is 828. The van der Waals surface area contributed by atoms with Gasteiger partial charge in [0.15, 0.2) is 0 Å². The summed E-state index contributed by atoms with van der Waals surface area (Å²) < 4.78 is 13.2. The molecular weight excluding hydrogens is 339 g/mol. The zero-order valence-corrected chi connectivity index (χ0v) is 13.8. The highest BCUT2D eigenvalue weighted by atomic mass is 19.1. The van der Waals surface area contributed by atoms with Crippen LogP contribution in [0.15, 0.2) is 48.8 Å². The van der Waals surface area contributed by atoms with E-state index in [-0.39, 0.29) is 25.4 Å². The number of carbonyl (C=O) groups is 3. The van der Waals surface area contributed by atoms with Gasteiger partial charge in [0.25, 0.3) is 5.91 Å². The fourth-order valence-corrected chi connectivity index (χ4v) is 2.64. The van der Waals surface area contributed by atoms with E-state index in [0.717, 1.165) is 10.5 Å². The zero-order chi connectivity index (χ0) is 18.5. The third kappa shape index (κ3) is 4.21. The summed E-state index contributed by atoms with van der Waals surface area (Å²) in [7, 11) is 0. The Balaban J connectivity index is 1.55. The van der Waals surface area contributed by atoms with Gasteiger partial charge in [-0.1, -0.05) is 18.2 Å². The van der Waals surface area contributed by atoms with E-state index in [1.807, 2.05) is 6.07 Å². The standard InChI is InChI=1S/C18H17FN4O3/c19-14-5-1-3-12(7-14)11-23-17(25)15(22-18(23)26)8-16(24)21-10-13-4-2-6-20-9-13/h1-7,9,15H,8,10-11H2,(H,21,24)(H,22,26). The lowest BCUT2D eigenvalue weighted by Gasteiger charge is -2.13. The fraction of sp³-hybridized carbons (Fsp3) is 0.222. The number of aromatic nitrogens is 1. The van der Waals surface area contributed by atoms with E-state index in [2.05, 4.69) is 15.6 Å². The van der Waals surface area contributed by atoms with Gasteiger partial charge in [-0.25, -0.2) is 9.18 Å². The first-order valence-corrected chi connectivity index (χ1v) is 8.05. The van der Waals surface area contributed by atoms with E-state index in [0.29, 0.717) is 5.56 Å². The molecule has 1 aliphatic rings.